The molecule has 1 aromatic heterocycles. The number of rotatable bonds is 8. The number of para-hydroxylation sites is 1. The number of nitrogens with zero attached hydrogens (tertiary/aromatic N) is 2. The molecule has 1 amide bonds. The van der Waals surface area contributed by atoms with Crippen LogP contribution < -0.4 is 26.0 Å². The normalized spacial score (nSPS) is 11.0. The number of hydrogen-bond donors (Lipinski definition) is 2. The van der Waals surface area contributed by atoms with E-state index in [1.165, 1.54) is 30.5 Å². The zero-order chi connectivity index (χ0) is 24.8. The van der Waals surface area contributed by atoms with E-state index in [4.69, 9.17) is 9.47 Å². The van der Waals surface area contributed by atoms with E-state index in [-0.39, 0.29) is 6.61 Å². The van der Waals surface area contributed by atoms with Crippen molar-refractivity contribution in [2.45, 2.75) is 6.92 Å². The molecule has 35 heavy (non-hydrogen) atoms. The number of aromatic nitrogens is 2. The lowest BCUT2D eigenvalue weighted by Gasteiger charge is -2.12. The summed E-state index contributed by atoms with van der Waals surface area (Å²) in [5, 5.41) is 6.97. The molecule has 2 N–H and O–H groups in total. The van der Waals surface area contributed by atoms with Crippen LogP contribution in [0.4, 0.5) is 10.1 Å². The largest absolute Gasteiger partial charge is 0.490 e. The van der Waals surface area contributed by atoms with Crippen molar-refractivity contribution in [2.24, 2.45) is 5.10 Å². The molecule has 0 saturated carbocycles. The number of hydrogen-bond acceptors (Lipinski definition) is 6. The fourth-order valence-corrected chi connectivity index (χ4v) is 3.25. The highest BCUT2D eigenvalue weighted by Gasteiger charge is 2.10. The molecule has 0 bridgehead atoms. The Kier molecular flexibility index (Phi) is 7.01. The SMILES string of the molecule is CCOc1cc(C=Nn2c(=O)[nH]c3ccccc3c2=O)ccc1OCC(=O)Nc1ccc(F)cc1. The van der Waals surface area contributed by atoms with Crippen LogP contribution in [0.3, 0.4) is 0 Å². The van der Waals surface area contributed by atoms with Gasteiger partial charge in [-0.1, -0.05) is 12.1 Å². The molecule has 178 valence electrons. The predicted octanol–water partition coefficient (Wildman–Crippen LogP) is 3.13. The number of carbonyl (C=O) groups excluding carboxylic acids is 1. The topological polar surface area (TPSA) is 115 Å². The van der Waals surface area contributed by atoms with Crippen LogP contribution in [0, 0.1) is 5.82 Å². The quantitative estimate of drug-likeness (QED) is 0.379. The minimum atomic E-state index is -0.665. The number of halogens is 1. The second kappa shape index (κ2) is 10.5. The van der Waals surface area contributed by atoms with Crippen LogP contribution >= 0.6 is 0 Å². The maximum absolute atomic E-state index is 13.0. The van der Waals surface area contributed by atoms with E-state index >= 15 is 0 Å². The molecule has 0 spiro atoms. The van der Waals surface area contributed by atoms with Crippen LogP contribution in [0.15, 0.2) is 81.4 Å². The van der Waals surface area contributed by atoms with Crippen molar-refractivity contribution in [3.05, 3.63) is 98.9 Å². The Morgan fingerprint density at radius 1 is 1.06 bits per heavy atom. The summed E-state index contributed by atoms with van der Waals surface area (Å²) in [4.78, 5) is 39.7. The maximum Gasteiger partial charge on any atom is 0.349 e. The van der Waals surface area contributed by atoms with E-state index in [2.05, 4.69) is 15.4 Å². The van der Waals surface area contributed by atoms with Crippen molar-refractivity contribution in [1.29, 1.82) is 0 Å². The number of amides is 1. The minimum Gasteiger partial charge on any atom is -0.490 e. The van der Waals surface area contributed by atoms with Gasteiger partial charge < -0.3 is 19.8 Å². The molecular formula is C25H21FN4O5. The van der Waals surface area contributed by atoms with Crippen LogP contribution in [-0.2, 0) is 4.79 Å². The number of ether oxygens (including phenoxy) is 2. The van der Waals surface area contributed by atoms with Gasteiger partial charge in [0.05, 0.1) is 23.7 Å². The molecule has 3 aromatic carbocycles. The number of carbonyl (C=O) groups is 1. The average Bonchev–Trinajstić information content (AvgIpc) is 2.85. The third-order valence-electron chi connectivity index (χ3n) is 4.86. The monoisotopic (exact) mass is 476 g/mol. The second-order valence-corrected chi connectivity index (χ2v) is 7.32. The van der Waals surface area contributed by atoms with Gasteiger partial charge in [-0.15, -0.1) is 4.68 Å². The highest BCUT2D eigenvalue weighted by molar-refractivity contribution is 5.92. The Morgan fingerprint density at radius 2 is 1.83 bits per heavy atom. The van der Waals surface area contributed by atoms with E-state index in [0.29, 0.717) is 40.3 Å². The highest BCUT2D eigenvalue weighted by atomic mass is 19.1. The lowest BCUT2D eigenvalue weighted by atomic mass is 10.2. The molecule has 0 unspecified atom stereocenters. The van der Waals surface area contributed by atoms with Gasteiger partial charge in [0.1, 0.15) is 5.82 Å². The summed E-state index contributed by atoms with van der Waals surface area (Å²) < 4.78 is 24.9. The average molecular weight is 476 g/mol. The van der Waals surface area contributed by atoms with Crippen LogP contribution in [0.1, 0.15) is 12.5 Å². The molecule has 0 aliphatic rings. The zero-order valence-electron chi connectivity index (χ0n) is 18.7. The van der Waals surface area contributed by atoms with E-state index in [1.54, 1.807) is 49.4 Å². The van der Waals surface area contributed by atoms with Crippen molar-refractivity contribution in [3.63, 3.8) is 0 Å². The van der Waals surface area contributed by atoms with Gasteiger partial charge in [0.2, 0.25) is 0 Å². The Balaban J connectivity index is 1.50. The standard InChI is InChI=1S/C25H21FN4O5/c1-2-34-22-13-16(14-27-30-24(32)19-5-3-4-6-20(19)29-25(30)33)7-12-21(22)35-15-23(31)28-18-10-8-17(26)9-11-18/h3-14H,2,15H2,1H3,(H,28,31)(H,29,33). The summed E-state index contributed by atoms with van der Waals surface area (Å²) in [6, 6.07) is 16.9. The van der Waals surface area contributed by atoms with Crippen LogP contribution in [-0.4, -0.2) is 35.0 Å². The Bertz CT molecular complexity index is 1510. The fourth-order valence-electron chi connectivity index (χ4n) is 3.25. The fraction of sp³-hybridized carbons (Fsp3) is 0.120. The number of aromatic amines is 1. The summed E-state index contributed by atoms with van der Waals surface area (Å²) in [7, 11) is 0. The first-order valence-corrected chi connectivity index (χ1v) is 10.7. The third kappa shape index (κ3) is 5.61. The summed E-state index contributed by atoms with van der Waals surface area (Å²) in [6.07, 6.45) is 1.35. The zero-order valence-corrected chi connectivity index (χ0v) is 18.7. The van der Waals surface area contributed by atoms with Crippen molar-refractivity contribution in [2.75, 3.05) is 18.5 Å². The van der Waals surface area contributed by atoms with Gasteiger partial charge in [0.25, 0.3) is 11.5 Å². The molecule has 10 heteroatoms. The molecule has 0 radical (unpaired) electrons. The van der Waals surface area contributed by atoms with Crippen molar-refractivity contribution in [3.8, 4) is 11.5 Å². The first-order chi connectivity index (χ1) is 16.9. The lowest BCUT2D eigenvalue weighted by molar-refractivity contribution is -0.118. The van der Waals surface area contributed by atoms with Gasteiger partial charge in [-0.25, -0.2) is 9.18 Å². The Morgan fingerprint density at radius 3 is 2.60 bits per heavy atom. The number of H-pyrrole nitrogens is 1. The molecule has 4 aromatic rings. The molecule has 0 atom stereocenters. The molecule has 0 aliphatic carbocycles. The number of nitrogens with one attached hydrogen (secondary N) is 2. The first kappa shape index (κ1) is 23.4. The van der Waals surface area contributed by atoms with Crippen molar-refractivity contribution >= 4 is 28.7 Å². The van der Waals surface area contributed by atoms with Gasteiger partial charge >= 0.3 is 5.69 Å². The Labute approximate surface area is 198 Å². The highest BCUT2D eigenvalue weighted by Crippen LogP contribution is 2.28. The third-order valence-corrected chi connectivity index (χ3v) is 4.86. The summed E-state index contributed by atoms with van der Waals surface area (Å²) >= 11 is 0. The van der Waals surface area contributed by atoms with Crippen LogP contribution in [0.5, 0.6) is 11.5 Å². The van der Waals surface area contributed by atoms with Gasteiger partial charge in [0, 0.05) is 5.69 Å². The summed E-state index contributed by atoms with van der Waals surface area (Å²) in [5.74, 6) is -0.163. The molecular weight excluding hydrogens is 455 g/mol. The second-order valence-electron chi connectivity index (χ2n) is 7.32. The van der Waals surface area contributed by atoms with Crippen molar-refractivity contribution < 1.29 is 18.7 Å². The van der Waals surface area contributed by atoms with Crippen LogP contribution in [0.25, 0.3) is 10.9 Å². The van der Waals surface area contributed by atoms with Gasteiger partial charge in [-0.2, -0.15) is 5.10 Å². The summed E-state index contributed by atoms with van der Waals surface area (Å²) in [5.41, 5.74) is 0.198. The molecule has 9 nitrogen and oxygen atoms in total. The Hall–Kier alpha value is -4.73. The summed E-state index contributed by atoms with van der Waals surface area (Å²) in [6.45, 7) is 1.83. The molecule has 4 rings (SSSR count). The smallest absolute Gasteiger partial charge is 0.349 e. The molecule has 0 saturated heterocycles. The first-order valence-electron chi connectivity index (χ1n) is 10.7. The number of fused-ring (bicyclic) bond motifs is 1. The molecule has 0 fully saturated rings. The minimum absolute atomic E-state index is 0.299. The predicted molar refractivity (Wildman–Crippen MR) is 130 cm³/mol. The van der Waals surface area contributed by atoms with E-state index in [0.717, 1.165) is 4.68 Å². The van der Waals surface area contributed by atoms with Crippen LogP contribution in [0.2, 0.25) is 0 Å². The maximum atomic E-state index is 13.0. The van der Waals surface area contributed by atoms with Gasteiger partial charge in [-0.3, -0.25) is 9.59 Å². The molecule has 1 heterocycles. The number of anilines is 1. The van der Waals surface area contributed by atoms with Crippen molar-refractivity contribution in [1.82, 2.24) is 9.66 Å². The van der Waals surface area contributed by atoms with Gasteiger partial charge in [-0.05, 0) is 67.1 Å². The van der Waals surface area contributed by atoms with Gasteiger partial charge in [0.15, 0.2) is 18.1 Å². The van der Waals surface area contributed by atoms with E-state index < -0.39 is 23.0 Å². The van der Waals surface area contributed by atoms with E-state index in [9.17, 15) is 18.8 Å². The molecule has 0 aliphatic heterocycles. The van der Waals surface area contributed by atoms with E-state index in [1.807, 2.05) is 0 Å². The number of benzene rings is 3. The lowest BCUT2D eigenvalue weighted by Crippen LogP contribution is -2.32.